The molecule has 0 radical (unpaired) electrons. The van der Waals surface area contributed by atoms with Gasteiger partial charge in [-0.2, -0.15) is 0 Å². The van der Waals surface area contributed by atoms with E-state index in [-0.39, 0.29) is 12.1 Å². The van der Waals surface area contributed by atoms with Gasteiger partial charge in [0.2, 0.25) is 0 Å². The molecule has 1 aromatic carbocycles. The highest BCUT2D eigenvalue weighted by atomic mass is 16.3. The largest absolute Gasteiger partial charge is 0.399 e. The van der Waals surface area contributed by atoms with Crippen LogP contribution in [0, 0.1) is 0 Å². The van der Waals surface area contributed by atoms with Gasteiger partial charge in [0.1, 0.15) is 0 Å². The molecule has 2 rings (SSSR count). The van der Waals surface area contributed by atoms with Gasteiger partial charge in [-0.1, -0.05) is 19.1 Å². The summed E-state index contributed by atoms with van der Waals surface area (Å²) in [4.78, 5) is 2.30. The van der Waals surface area contributed by atoms with Crippen LogP contribution >= 0.6 is 0 Å². The zero-order valence-corrected chi connectivity index (χ0v) is 9.06. The Morgan fingerprint density at radius 2 is 2.07 bits per heavy atom. The fourth-order valence-corrected chi connectivity index (χ4v) is 2.32. The first kappa shape index (κ1) is 10.5. The molecule has 3 heteroatoms. The maximum Gasteiger partial charge on any atom is 0.0749 e. The maximum absolute atomic E-state index is 9.94. The van der Waals surface area contributed by atoms with Gasteiger partial charge in [-0.3, -0.25) is 4.90 Å². The molecule has 0 saturated carbocycles. The van der Waals surface area contributed by atoms with Crippen LogP contribution in [-0.2, 0) is 0 Å². The van der Waals surface area contributed by atoms with Crippen molar-refractivity contribution in [2.75, 3.05) is 18.8 Å². The third-order valence-electron chi connectivity index (χ3n) is 3.15. The Hall–Kier alpha value is -1.06. The van der Waals surface area contributed by atoms with Crippen molar-refractivity contribution in [3.8, 4) is 0 Å². The number of likely N-dealkylation sites (tertiary alicyclic amines) is 1. The molecule has 3 nitrogen and oxygen atoms in total. The SMILES string of the molecule is CCN1CCC(O)C1c1ccc(N)cc1. The van der Waals surface area contributed by atoms with Gasteiger partial charge in [0, 0.05) is 12.2 Å². The van der Waals surface area contributed by atoms with Gasteiger partial charge in [0.05, 0.1) is 12.1 Å². The molecule has 3 N–H and O–H groups in total. The number of aliphatic hydroxyl groups excluding tert-OH is 1. The first-order valence-corrected chi connectivity index (χ1v) is 5.50. The molecular formula is C12H18N2O. The topological polar surface area (TPSA) is 49.5 Å². The van der Waals surface area contributed by atoms with Gasteiger partial charge in [-0.05, 0) is 30.7 Å². The molecular weight excluding hydrogens is 188 g/mol. The molecule has 1 aromatic rings. The van der Waals surface area contributed by atoms with Crippen molar-refractivity contribution in [3.63, 3.8) is 0 Å². The van der Waals surface area contributed by atoms with Crippen LogP contribution in [0.5, 0.6) is 0 Å². The molecule has 82 valence electrons. The molecule has 1 aliphatic heterocycles. The summed E-state index contributed by atoms with van der Waals surface area (Å²) in [6.45, 7) is 4.08. The van der Waals surface area contributed by atoms with Crippen molar-refractivity contribution in [1.29, 1.82) is 0 Å². The molecule has 1 heterocycles. The van der Waals surface area contributed by atoms with Crippen molar-refractivity contribution in [2.45, 2.75) is 25.5 Å². The van der Waals surface area contributed by atoms with E-state index in [0.717, 1.165) is 30.8 Å². The Bertz CT molecular complexity index is 323. The van der Waals surface area contributed by atoms with Crippen molar-refractivity contribution in [2.24, 2.45) is 0 Å². The standard InChI is InChI=1S/C12H18N2O/c1-2-14-8-7-11(15)12(14)9-3-5-10(13)6-4-9/h3-6,11-12,15H,2,7-8,13H2,1H3. The normalized spacial score (nSPS) is 27.1. The van der Waals surface area contributed by atoms with E-state index in [1.54, 1.807) is 0 Å². The molecule has 1 fully saturated rings. The van der Waals surface area contributed by atoms with E-state index >= 15 is 0 Å². The van der Waals surface area contributed by atoms with Crippen molar-refractivity contribution < 1.29 is 5.11 Å². The van der Waals surface area contributed by atoms with Gasteiger partial charge in [-0.25, -0.2) is 0 Å². The van der Waals surface area contributed by atoms with Crippen LogP contribution < -0.4 is 5.73 Å². The van der Waals surface area contributed by atoms with Crippen LogP contribution in [0.1, 0.15) is 24.9 Å². The van der Waals surface area contributed by atoms with E-state index in [9.17, 15) is 5.11 Å². The predicted octanol–water partition coefficient (Wildman–Crippen LogP) is 1.40. The lowest BCUT2D eigenvalue weighted by molar-refractivity contribution is 0.119. The first-order chi connectivity index (χ1) is 7.22. The summed E-state index contributed by atoms with van der Waals surface area (Å²) in [5.74, 6) is 0. The van der Waals surface area contributed by atoms with Crippen molar-refractivity contribution in [1.82, 2.24) is 4.90 Å². The number of rotatable bonds is 2. The number of hydrogen-bond donors (Lipinski definition) is 2. The quantitative estimate of drug-likeness (QED) is 0.719. The monoisotopic (exact) mass is 206 g/mol. The van der Waals surface area contributed by atoms with E-state index in [0.29, 0.717) is 0 Å². The van der Waals surface area contributed by atoms with Crippen LogP contribution in [0.2, 0.25) is 0 Å². The van der Waals surface area contributed by atoms with Crippen molar-refractivity contribution >= 4 is 5.69 Å². The zero-order valence-electron chi connectivity index (χ0n) is 9.06. The fourth-order valence-electron chi connectivity index (χ4n) is 2.32. The van der Waals surface area contributed by atoms with Crippen LogP contribution in [0.3, 0.4) is 0 Å². The molecule has 1 aliphatic rings. The second-order valence-corrected chi connectivity index (χ2v) is 4.10. The number of anilines is 1. The first-order valence-electron chi connectivity index (χ1n) is 5.50. The highest BCUT2D eigenvalue weighted by molar-refractivity contribution is 5.40. The van der Waals surface area contributed by atoms with E-state index in [2.05, 4.69) is 11.8 Å². The van der Waals surface area contributed by atoms with E-state index in [4.69, 9.17) is 5.73 Å². The number of nitrogens with two attached hydrogens (primary N) is 1. The summed E-state index contributed by atoms with van der Waals surface area (Å²) in [5, 5.41) is 9.94. The van der Waals surface area contributed by atoms with Crippen LogP contribution in [0.25, 0.3) is 0 Å². The molecule has 0 bridgehead atoms. The lowest BCUT2D eigenvalue weighted by Crippen LogP contribution is -2.27. The number of hydrogen-bond acceptors (Lipinski definition) is 3. The fraction of sp³-hybridized carbons (Fsp3) is 0.500. The van der Waals surface area contributed by atoms with E-state index in [1.165, 1.54) is 0 Å². The van der Waals surface area contributed by atoms with Gasteiger partial charge >= 0.3 is 0 Å². The van der Waals surface area contributed by atoms with Crippen LogP contribution in [0.4, 0.5) is 5.69 Å². The minimum absolute atomic E-state index is 0.149. The summed E-state index contributed by atoms with van der Waals surface area (Å²) in [6, 6.07) is 7.96. The Labute approximate surface area is 90.5 Å². The number of nitrogen functional groups attached to an aromatic ring is 1. The third kappa shape index (κ3) is 1.98. The predicted molar refractivity (Wildman–Crippen MR) is 61.5 cm³/mol. The summed E-state index contributed by atoms with van der Waals surface area (Å²) < 4.78 is 0. The molecule has 0 aromatic heterocycles. The molecule has 0 spiro atoms. The van der Waals surface area contributed by atoms with Crippen LogP contribution in [-0.4, -0.2) is 29.2 Å². The second-order valence-electron chi connectivity index (χ2n) is 4.10. The number of likely N-dealkylation sites (N-methyl/N-ethyl adjacent to an activating group) is 1. The molecule has 15 heavy (non-hydrogen) atoms. The molecule has 1 saturated heterocycles. The summed E-state index contributed by atoms with van der Waals surface area (Å²) in [5.41, 5.74) is 7.59. The van der Waals surface area contributed by atoms with E-state index in [1.807, 2.05) is 24.3 Å². The Morgan fingerprint density at radius 1 is 1.40 bits per heavy atom. The minimum Gasteiger partial charge on any atom is -0.399 e. The van der Waals surface area contributed by atoms with Gasteiger partial charge < -0.3 is 10.8 Å². The maximum atomic E-state index is 9.94. The summed E-state index contributed by atoms with van der Waals surface area (Å²) in [6.07, 6.45) is 0.622. The Kier molecular flexibility index (Phi) is 2.93. The van der Waals surface area contributed by atoms with Gasteiger partial charge in [-0.15, -0.1) is 0 Å². The Balaban J connectivity index is 2.24. The van der Waals surface area contributed by atoms with Gasteiger partial charge in [0.25, 0.3) is 0 Å². The highest BCUT2D eigenvalue weighted by Gasteiger charge is 2.32. The number of nitrogens with zero attached hydrogens (tertiary/aromatic N) is 1. The second kappa shape index (κ2) is 4.21. The molecule has 2 unspecified atom stereocenters. The number of aliphatic hydroxyl groups is 1. The minimum atomic E-state index is -0.242. The number of benzene rings is 1. The molecule has 0 aliphatic carbocycles. The summed E-state index contributed by atoms with van der Waals surface area (Å²) >= 11 is 0. The zero-order chi connectivity index (χ0) is 10.8. The third-order valence-corrected chi connectivity index (χ3v) is 3.15. The summed E-state index contributed by atoms with van der Waals surface area (Å²) in [7, 11) is 0. The lowest BCUT2D eigenvalue weighted by atomic mass is 10.0. The average Bonchev–Trinajstić information content (AvgIpc) is 2.61. The average molecular weight is 206 g/mol. The molecule has 0 amide bonds. The van der Waals surface area contributed by atoms with Crippen molar-refractivity contribution in [3.05, 3.63) is 29.8 Å². The van der Waals surface area contributed by atoms with Gasteiger partial charge in [0.15, 0.2) is 0 Å². The molecule has 2 atom stereocenters. The highest BCUT2D eigenvalue weighted by Crippen LogP contribution is 2.32. The van der Waals surface area contributed by atoms with E-state index < -0.39 is 0 Å². The lowest BCUT2D eigenvalue weighted by Gasteiger charge is -2.25. The Morgan fingerprint density at radius 3 is 2.67 bits per heavy atom. The smallest absolute Gasteiger partial charge is 0.0749 e. The van der Waals surface area contributed by atoms with Crippen LogP contribution in [0.15, 0.2) is 24.3 Å².